The lowest BCUT2D eigenvalue weighted by molar-refractivity contribution is -0.385. The average Bonchev–Trinajstić information content (AvgIpc) is 2.72. The lowest BCUT2D eigenvalue weighted by atomic mass is 10.1. The summed E-state index contributed by atoms with van der Waals surface area (Å²) >= 11 is 0. The van der Waals surface area contributed by atoms with Crippen molar-refractivity contribution in [2.75, 3.05) is 6.61 Å². The second-order valence-corrected chi connectivity index (χ2v) is 6.50. The van der Waals surface area contributed by atoms with E-state index in [0.717, 1.165) is 12.8 Å². The van der Waals surface area contributed by atoms with E-state index in [1.54, 1.807) is 30.3 Å². The molecule has 2 aromatic rings. The van der Waals surface area contributed by atoms with Crippen LogP contribution < -0.4 is 15.6 Å². The fourth-order valence-corrected chi connectivity index (χ4v) is 2.68. The molecular weight excluding hydrogens is 374 g/mol. The van der Waals surface area contributed by atoms with Crippen molar-refractivity contribution in [1.29, 1.82) is 0 Å². The molecule has 0 aromatic heterocycles. The number of hydrazine groups is 1. The van der Waals surface area contributed by atoms with Gasteiger partial charge < -0.3 is 4.74 Å². The van der Waals surface area contributed by atoms with Gasteiger partial charge in [0.1, 0.15) is 5.75 Å². The standard InChI is InChI=1S/C21H25N3O5/c1-2-3-4-7-14-29-18-12-10-16(11-13-18)21(26)23-22-20(25)15-17-8-5-6-9-19(17)24(27)28/h5-6,8-13H,2-4,7,14-15H2,1H3,(H,22,25)(H,23,26). The first-order valence-corrected chi connectivity index (χ1v) is 9.55. The maximum absolute atomic E-state index is 12.1. The molecule has 0 bridgehead atoms. The third-order valence-electron chi connectivity index (χ3n) is 4.24. The zero-order chi connectivity index (χ0) is 21.1. The number of ether oxygens (including phenoxy) is 1. The van der Waals surface area contributed by atoms with E-state index < -0.39 is 16.7 Å². The Morgan fingerprint density at radius 1 is 1.00 bits per heavy atom. The monoisotopic (exact) mass is 399 g/mol. The summed E-state index contributed by atoms with van der Waals surface area (Å²) in [6.45, 7) is 2.78. The topological polar surface area (TPSA) is 111 Å². The zero-order valence-electron chi connectivity index (χ0n) is 16.3. The van der Waals surface area contributed by atoms with Gasteiger partial charge in [0.25, 0.3) is 11.6 Å². The Bertz CT molecular complexity index is 836. The Kier molecular flexibility index (Phi) is 8.62. The lowest BCUT2D eigenvalue weighted by Crippen LogP contribution is -2.42. The van der Waals surface area contributed by atoms with E-state index in [-0.39, 0.29) is 17.7 Å². The number of carbonyl (C=O) groups excluding carboxylic acids is 2. The van der Waals surface area contributed by atoms with E-state index in [1.807, 2.05) is 0 Å². The maximum Gasteiger partial charge on any atom is 0.273 e. The van der Waals surface area contributed by atoms with Gasteiger partial charge in [-0.3, -0.25) is 30.6 Å². The Morgan fingerprint density at radius 2 is 1.72 bits per heavy atom. The second-order valence-electron chi connectivity index (χ2n) is 6.50. The van der Waals surface area contributed by atoms with Gasteiger partial charge in [0, 0.05) is 17.2 Å². The van der Waals surface area contributed by atoms with Gasteiger partial charge in [0.2, 0.25) is 5.91 Å². The normalized spacial score (nSPS) is 10.2. The summed E-state index contributed by atoms with van der Waals surface area (Å²) in [6.07, 6.45) is 4.25. The van der Waals surface area contributed by atoms with Crippen molar-refractivity contribution in [3.63, 3.8) is 0 Å². The number of carbonyl (C=O) groups is 2. The van der Waals surface area contributed by atoms with Crippen LogP contribution in [0.25, 0.3) is 0 Å². The van der Waals surface area contributed by atoms with Crippen LogP contribution in [0.2, 0.25) is 0 Å². The molecule has 154 valence electrons. The fraction of sp³-hybridized carbons (Fsp3) is 0.333. The summed E-state index contributed by atoms with van der Waals surface area (Å²) in [5, 5.41) is 11.0. The van der Waals surface area contributed by atoms with Crippen LogP contribution in [-0.2, 0) is 11.2 Å². The first kappa shape index (κ1) is 21.9. The molecule has 8 nitrogen and oxygen atoms in total. The van der Waals surface area contributed by atoms with Crippen molar-refractivity contribution < 1.29 is 19.2 Å². The van der Waals surface area contributed by atoms with Gasteiger partial charge in [0.05, 0.1) is 18.0 Å². The smallest absolute Gasteiger partial charge is 0.273 e. The molecule has 0 aliphatic heterocycles. The van der Waals surface area contributed by atoms with Crippen LogP contribution in [0.4, 0.5) is 5.69 Å². The summed E-state index contributed by atoms with van der Waals surface area (Å²) in [7, 11) is 0. The van der Waals surface area contributed by atoms with Crippen LogP contribution in [-0.4, -0.2) is 23.3 Å². The average molecular weight is 399 g/mol. The summed E-state index contributed by atoms with van der Waals surface area (Å²) in [4.78, 5) is 34.6. The highest BCUT2D eigenvalue weighted by Crippen LogP contribution is 2.18. The number of rotatable bonds is 10. The molecule has 0 spiro atoms. The van der Waals surface area contributed by atoms with Crippen LogP contribution in [0, 0.1) is 10.1 Å². The molecule has 0 fully saturated rings. The number of nitro groups is 1. The predicted molar refractivity (Wildman–Crippen MR) is 108 cm³/mol. The van der Waals surface area contributed by atoms with Crippen molar-refractivity contribution in [2.45, 2.75) is 39.0 Å². The highest BCUT2D eigenvalue weighted by molar-refractivity contribution is 5.95. The van der Waals surface area contributed by atoms with E-state index in [4.69, 9.17) is 4.74 Å². The van der Waals surface area contributed by atoms with Gasteiger partial charge >= 0.3 is 0 Å². The third kappa shape index (κ3) is 7.25. The van der Waals surface area contributed by atoms with Crippen LogP contribution in [0.5, 0.6) is 5.75 Å². The van der Waals surface area contributed by atoms with E-state index >= 15 is 0 Å². The lowest BCUT2D eigenvalue weighted by Gasteiger charge is -2.09. The summed E-state index contributed by atoms with van der Waals surface area (Å²) in [6, 6.07) is 12.6. The largest absolute Gasteiger partial charge is 0.494 e. The van der Waals surface area contributed by atoms with Crippen LogP contribution in [0.1, 0.15) is 48.5 Å². The van der Waals surface area contributed by atoms with Crippen LogP contribution in [0.15, 0.2) is 48.5 Å². The Labute approximate surface area is 169 Å². The molecule has 0 unspecified atom stereocenters. The summed E-state index contributed by atoms with van der Waals surface area (Å²) in [5.74, 6) is -0.367. The molecule has 0 saturated heterocycles. The minimum absolute atomic E-state index is 0.140. The SMILES string of the molecule is CCCCCCOc1ccc(C(=O)NNC(=O)Cc2ccccc2[N+](=O)[O-])cc1. The predicted octanol–water partition coefficient (Wildman–Crippen LogP) is 3.56. The molecule has 29 heavy (non-hydrogen) atoms. The highest BCUT2D eigenvalue weighted by Gasteiger charge is 2.16. The molecule has 0 radical (unpaired) electrons. The number of hydrogen-bond acceptors (Lipinski definition) is 5. The maximum atomic E-state index is 12.1. The molecule has 0 atom stereocenters. The minimum Gasteiger partial charge on any atom is -0.494 e. The molecular formula is C21H25N3O5. The van der Waals surface area contributed by atoms with Crippen molar-refractivity contribution >= 4 is 17.5 Å². The molecule has 0 heterocycles. The molecule has 8 heteroatoms. The van der Waals surface area contributed by atoms with Crippen LogP contribution in [0.3, 0.4) is 0 Å². The number of unbranched alkanes of at least 4 members (excludes halogenated alkanes) is 3. The summed E-state index contributed by atoms with van der Waals surface area (Å²) < 4.78 is 5.63. The van der Waals surface area contributed by atoms with Crippen molar-refractivity contribution in [3.05, 3.63) is 69.8 Å². The minimum atomic E-state index is -0.556. The van der Waals surface area contributed by atoms with Gasteiger partial charge in [-0.2, -0.15) is 0 Å². The number of nitrogens with zero attached hydrogens (tertiary/aromatic N) is 1. The third-order valence-corrected chi connectivity index (χ3v) is 4.24. The van der Waals surface area contributed by atoms with E-state index in [9.17, 15) is 19.7 Å². The number of nitro benzene ring substituents is 1. The number of benzene rings is 2. The Morgan fingerprint density at radius 3 is 2.41 bits per heavy atom. The summed E-state index contributed by atoms with van der Waals surface area (Å²) in [5.41, 5.74) is 5.06. The fourth-order valence-electron chi connectivity index (χ4n) is 2.68. The molecule has 0 saturated carbocycles. The van der Waals surface area contributed by atoms with Gasteiger partial charge in [0.15, 0.2) is 0 Å². The second kappa shape index (κ2) is 11.4. The van der Waals surface area contributed by atoms with Crippen molar-refractivity contribution in [3.8, 4) is 5.75 Å². The Hall–Kier alpha value is -3.42. The number of amides is 2. The van der Waals surface area contributed by atoms with Crippen molar-refractivity contribution in [1.82, 2.24) is 10.9 Å². The van der Waals surface area contributed by atoms with E-state index in [2.05, 4.69) is 17.8 Å². The molecule has 2 N–H and O–H groups in total. The molecule has 2 amide bonds. The van der Waals surface area contributed by atoms with Gasteiger partial charge in [-0.1, -0.05) is 44.4 Å². The highest BCUT2D eigenvalue weighted by atomic mass is 16.6. The number of nitrogens with one attached hydrogen (secondary N) is 2. The number of para-hydroxylation sites is 1. The molecule has 2 rings (SSSR count). The van der Waals surface area contributed by atoms with E-state index in [0.29, 0.717) is 17.9 Å². The van der Waals surface area contributed by atoms with Gasteiger partial charge in [-0.15, -0.1) is 0 Å². The van der Waals surface area contributed by atoms with Crippen LogP contribution >= 0.6 is 0 Å². The first-order valence-electron chi connectivity index (χ1n) is 9.55. The van der Waals surface area contributed by atoms with E-state index in [1.165, 1.54) is 31.0 Å². The quantitative estimate of drug-likeness (QED) is 0.361. The molecule has 0 aliphatic rings. The first-order chi connectivity index (χ1) is 14.0. The molecule has 2 aromatic carbocycles. The number of hydrogen-bond donors (Lipinski definition) is 2. The zero-order valence-corrected chi connectivity index (χ0v) is 16.3. The van der Waals surface area contributed by atoms with Gasteiger partial charge in [-0.25, -0.2) is 0 Å². The molecule has 0 aliphatic carbocycles. The Balaban J connectivity index is 1.80. The van der Waals surface area contributed by atoms with Gasteiger partial charge in [-0.05, 0) is 30.7 Å². The van der Waals surface area contributed by atoms with Crippen molar-refractivity contribution in [2.24, 2.45) is 0 Å².